The molecule has 0 aromatic rings. The van der Waals surface area contributed by atoms with Crippen LogP contribution in [0.5, 0.6) is 0 Å². The van der Waals surface area contributed by atoms with Crippen LogP contribution in [0.3, 0.4) is 0 Å². The van der Waals surface area contributed by atoms with Crippen LogP contribution in [0.25, 0.3) is 0 Å². The maximum absolute atomic E-state index is 8.99. The Morgan fingerprint density at radius 3 is 2.44 bits per heavy atom. The number of aliphatic hydroxyl groups is 1. The second kappa shape index (κ2) is 7.46. The Hall–Kier alpha value is -0.120. The summed E-state index contributed by atoms with van der Waals surface area (Å²) in [5.74, 6) is 0.670. The molecule has 2 N–H and O–H groups in total. The van der Waals surface area contributed by atoms with Crippen molar-refractivity contribution in [2.75, 3.05) is 26.2 Å². The number of aliphatic hydroxyl groups excluding tert-OH is 1. The standard InChI is InChI=1S/C15H32N2O/c1-13(11-16-15(2,3)4)12-17(9-6-10-18)14-7-5-8-14/h13-14,16,18H,5-12H2,1-4H3. The van der Waals surface area contributed by atoms with Gasteiger partial charge < -0.3 is 10.4 Å². The Kier molecular flexibility index (Phi) is 6.61. The molecule has 1 atom stereocenters. The van der Waals surface area contributed by atoms with Gasteiger partial charge in [0.1, 0.15) is 0 Å². The van der Waals surface area contributed by atoms with E-state index in [0.29, 0.717) is 12.5 Å². The van der Waals surface area contributed by atoms with Gasteiger partial charge in [-0.25, -0.2) is 0 Å². The molecule has 0 radical (unpaired) electrons. The second-order valence-electron chi connectivity index (χ2n) is 6.89. The zero-order valence-corrected chi connectivity index (χ0v) is 12.7. The molecule has 0 bridgehead atoms. The van der Waals surface area contributed by atoms with Crippen molar-refractivity contribution in [2.45, 2.75) is 65.0 Å². The molecule has 1 fully saturated rings. The zero-order chi connectivity index (χ0) is 13.6. The molecule has 1 aliphatic carbocycles. The summed E-state index contributed by atoms with van der Waals surface area (Å²) in [5.41, 5.74) is 0.209. The van der Waals surface area contributed by atoms with E-state index >= 15 is 0 Å². The fourth-order valence-electron chi connectivity index (χ4n) is 2.39. The number of hydrogen-bond donors (Lipinski definition) is 2. The van der Waals surface area contributed by atoms with E-state index in [1.165, 1.54) is 19.3 Å². The van der Waals surface area contributed by atoms with Crippen LogP contribution in [0, 0.1) is 5.92 Å². The third-order valence-electron chi connectivity index (χ3n) is 3.72. The Morgan fingerprint density at radius 2 is 2.00 bits per heavy atom. The maximum atomic E-state index is 8.99. The normalized spacial score (nSPS) is 19.0. The third-order valence-corrected chi connectivity index (χ3v) is 3.72. The van der Waals surface area contributed by atoms with Crippen LogP contribution in [0.2, 0.25) is 0 Å². The molecule has 1 saturated carbocycles. The average Bonchev–Trinajstić information content (AvgIpc) is 2.19. The number of nitrogens with one attached hydrogen (secondary N) is 1. The van der Waals surface area contributed by atoms with Crippen LogP contribution in [-0.4, -0.2) is 47.8 Å². The lowest BCUT2D eigenvalue weighted by Gasteiger charge is -2.39. The molecule has 108 valence electrons. The molecular formula is C15H32N2O. The van der Waals surface area contributed by atoms with Crippen LogP contribution < -0.4 is 5.32 Å². The van der Waals surface area contributed by atoms with Gasteiger partial charge in [-0.05, 0) is 52.5 Å². The minimum Gasteiger partial charge on any atom is -0.396 e. The second-order valence-corrected chi connectivity index (χ2v) is 6.89. The summed E-state index contributed by atoms with van der Waals surface area (Å²) >= 11 is 0. The van der Waals surface area contributed by atoms with E-state index < -0.39 is 0 Å². The van der Waals surface area contributed by atoms with Crippen molar-refractivity contribution < 1.29 is 5.11 Å². The van der Waals surface area contributed by atoms with Gasteiger partial charge in [-0.3, -0.25) is 4.90 Å². The molecule has 1 unspecified atom stereocenters. The Labute approximate surface area is 113 Å². The molecule has 3 nitrogen and oxygen atoms in total. The van der Waals surface area contributed by atoms with Crippen LogP contribution >= 0.6 is 0 Å². The largest absolute Gasteiger partial charge is 0.396 e. The van der Waals surface area contributed by atoms with Gasteiger partial charge in [0.05, 0.1) is 0 Å². The lowest BCUT2D eigenvalue weighted by molar-refractivity contribution is 0.0994. The van der Waals surface area contributed by atoms with Crippen molar-refractivity contribution in [3.05, 3.63) is 0 Å². The maximum Gasteiger partial charge on any atom is 0.0443 e. The molecular weight excluding hydrogens is 224 g/mol. The highest BCUT2D eigenvalue weighted by Crippen LogP contribution is 2.25. The van der Waals surface area contributed by atoms with Gasteiger partial charge in [0, 0.05) is 31.3 Å². The van der Waals surface area contributed by atoms with Crippen LogP contribution in [-0.2, 0) is 0 Å². The van der Waals surface area contributed by atoms with Gasteiger partial charge in [-0.15, -0.1) is 0 Å². The predicted molar refractivity (Wildman–Crippen MR) is 77.8 cm³/mol. The van der Waals surface area contributed by atoms with Gasteiger partial charge in [0.25, 0.3) is 0 Å². The Balaban J connectivity index is 2.29. The van der Waals surface area contributed by atoms with Crippen molar-refractivity contribution in [2.24, 2.45) is 5.92 Å². The van der Waals surface area contributed by atoms with Crippen molar-refractivity contribution in [3.8, 4) is 0 Å². The molecule has 0 aromatic heterocycles. The summed E-state index contributed by atoms with van der Waals surface area (Å²) < 4.78 is 0. The SMILES string of the molecule is CC(CNC(C)(C)C)CN(CCCO)C1CCC1. The molecule has 0 aliphatic heterocycles. The first-order valence-electron chi connectivity index (χ1n) is 7.52. The van der Waals surface area contributed by atoms with E-state index in [9.17, 15) is 0 Å². The van der Waals surface area contributed by atoms with Gasteiger partial charge >= 0.3 is 0 Å². The summed E-state index contributed by atoms with van der Waals surface area (Å²) in [4.78, 5) is 2.59. The van der Waals surface area contributed by atoms with E-state index in [2.05, 4.69) is 37.9 Å². The molecule has 0 heterocycles. The first-order chi connectivity index (χ1) is 8.42. The number of hydrogen-bond acceptors (Lipinski definition) is 3. The zero-order valence-electron chi connectivity index (χ0n) is 12.7. The van der Waals surface area contributed by atoms with Crippen molar-refractivity contribution >= 4 is 0 Å². The first-order valence-corrected chi connectivity index (χ1v) is 7.52. The molecule has 0 amide bonds. The lowest BCUT2D eigenvalue weighted by atomic mass is 9.90. The van der Waals surface area contributed by atoms with Crippen molar-refractivity contribution in [3.63, 3.8) is 0 Å². The number of nitrogens with zero attached hydrogens (tertiary/aromatic N) is 1. The summed E-state index contributed by atoms with van der Waals surface area (Å²) in [6, 6.07) is 0.786. The highest BCUT2D eigenvalue weighted by atomic mass is 16.3. The van der Waals surface area contributed by atoms with Gasteiger partial charge in [0.2, 0.25) is 0 Å². The van der Waals surface area contributed by atoms with Gasteiger partial charge in [-0.1, -0.05) is 13.3 Å². The van der Waals surface area contributed by atoms with Crippen LogP contribution in [0.1, 0.15) is 53.4 Å². The lowest BCUT2D eigenvalue weighted by Crippen LogP contribution is -2.46. The molecule has 0 aromatic carbocycles. The molecule has 0 saturated heterocycles. The van der Waals surface area contributed by atoms with Gasteiger partial charge in [0.15, 0.2) is 0 Å². The van der Waals surface area contributed by atoms with Crippen molar-refractivity contribution in [1.82, 2.24) is 10.2 Å². The van der Waals surface area contributed by atoms with Crippen LogP contribution in [0.15, 0.2) is 0 Å². The topological polar surface area (TPSA) is 35.5 Å². The quantitative estimate of drug-likeness (QED) is 0.699. The minimum atomic E-state index is 0.209. The third kappa shape index (κ3) is 6.17. The fourth-order valence-corrected chi connectivity index (χ4v) is 2.39. The first kappa shape index (κ1) is 15.9. The summed E-state index contributed by atoms with van der Waals surface area (Å²) in [7, 11) is 0. The molecule has 1 rings (SSSR count). The fraction of sp³-hybridized carbons (Fsp3) is 1.00. The van der Waals surface area contributed by atoms with E-state index in [1.807, 2.05) is 0 Å². The van der Waals surface area contributed by atoms with Gasteiger partial charge in [-0.2, -0.15) is 0 Å². The number of rotatable bonds is 8. The highest BCUT2D eigenvalue weighted by Gasteiger charge is 2.25. The molecule has 0 spiro atoms. The Bertz CT molecular complexity index is 221. The predicted octanol–water partition coefficient (Wildman–Crippen LogP) is 2.25. The smallest absolute Gasteiger partial charge is 0.0443 e. The Morgan fingerprint density at radius 1 is 1.33 bits per heavy atom. The monoisotopic (exact) mass is 256 g/mol. The summed E-state index contributed by atoms with van der Waals surface area (Å²) in [6.45, 7) is 12.6. The molecule has 3 heteroatoms. The molecule has 1 aliphatic rings. The summed E-state index contributed by atoms with van der Waals surface area (Å²) in [6.07, 6.45) is 5.00. The van der Waals surface area contributed by atoms with E-state index in [-0.39, 0.29) is 5.54 Å². The van der Waals surface area contributed by atoms with E-state index in [0.717, 1.165) is 32.1 Å². The van der Waals surface area contributed by atoms with Crippen LogP contribution in [0.4, 0.5) is 0 Å². The average molecular weight is 256 g/mol. The van der Waals surface area contributed by atoms with E-state index in [4.69, 9.17) is 5.11 Å². The highest BCUT2D eigenvalue weighted by molar-refractivity contribution is 4.82. The molecule has 18 heavy (non-hydrogen) atoms. The van der Waals surface area contributed by atoms with Crippen molar-refractivity contribution in [1.29, 1.82) is 0 Å². The van der Waals surface area contributed by atoms with E-state index in [1.54, 1.807) is 0 Å². The summed E-state index contributed by atoms with van der Waals surface area (Å²) in [5, 5.41) is 12.6. The minimum absolute atomic E-state index is 0.209.